The summed E-state index contributed by atoms with van der Waals surface area (Å²) in [6.07, 6.45) is 2.71. The van der Waals surface area contributed by atoms with E-state index in [1.807, 2.05) is 45.0 Å². The van der Waals surface area contributed by atoms with E-state index in [4.69, 9.17) is 4.74 Å². The lowest BCUT2D eigenvalue weighted by Gasteiger charge is -2.15. The summed E-state index contributed by atoms with van der Waals surface area (Å²) in [7, 11) is 0. The second-order valence-corrected chi connectivity index (χ2v) is 5.96. The molecule has 20 heavy (non-hydrogen) atoms. The number of nitrogens with one attached hydrogen (secondary N) is 1. The molecule has 0 heterocycles. The second-order valence-electron chi connectivity index (χ2n) is 5.17. The number of unbranched alkanes of at least 4 members (excludes halogenated alkanes) is 1. The van der Waals surface area contributed by atoms with Gasteiger partial charge in [-0.2, -0.15) is 0 Å². The van der Waals surface area contributed by atoms with Gasteiger partial charge in [0, 0.05) is 11.8 Å². The summed E-state index contributed by atoms with van der Waals surface area (Å²) in [6.45, 7) is 6.01. The zero-order valence-electron chi connectivity index (χ0n) is 12.5. The maximum Gasteiger partial charge on any atom is 0.220 e. The van der Waals surface area contributed by atoms with Crippen LogP contribution in [0.2, 0.25) is 0 Å². The summed E-state index contributed by atoms with van der Waals surface area (Å²) in [4.78, 5) is 11.8. The van der Waals surface area contributed by atoms with E-state index < -0.39 is 0 Å². The number of carbonyl (C=O) groups is 1. The normalized spacial score (nSPS) is 12.2. The highest BCUT2D eigenvalue weighted by Gasteiger charge is 2.09. The third kappa shape index (κ3) is 6.42. The maximum atomic E-state index is 11.8. The molecule has 0 aromatic heterocycles. The molecule has 1 rings (SSSR count). The van der Waals surface area contributed by atoms with Gasteiger partial charge >= 0.3 is 0 Å². The Hall–Kier alpha value is -1.03. The first-order valence-corrected chi connectivity index (χ1v) is 8.27. The molecule has 3 nitrogen and oxygen atoms in total. The quantitative estimate of drug-likeness (QED) is 0.568. The van der Waals surface area contributed by atoms with Crippen LogP contribution < -0.4 is 10.1 Å². The summed E-state index contributed by atoms with van der Waals surface area (Å²) in [5.41, 5.74) is 1.09. The van der Waals surface area contributed by atoms with E-state index in [1.54, 1.807) is 0 Å². The van der Waals surface area contributed by atoms with E-state index in [-0.39, 0.29) is 18.1 Å². The molecule has 112 valence electrons. The lowest BCUT2D eigenvalue weighted by Crippen LogP contribution is -2.26. The zero-order chi connectivity index (χ0) is 15.0. The summed E-state index contributed by atoms with van der Waals surface area (Å²) >= 11 is 3.37. The molecule has 0 aliphatic carbocycles. The van der Waals surface area contributed by atoms with Crippen molar-refractivity contribution in [2.24, 2.45) is 0 Å². The SMILES string of the molecule is CC(C)Oc1ccc(C(C)NC(=O)CCCCBr)cc1. The summed E-state index contributed by atoms with van der Waals surface area (Å²) in [5, 5.41) is 3.97. The summed E-state index contributed by atoms with van der Waals surface area (Å²) in [5.74, 6) is 0.973. The Morgan fingerprint density at radius 1 is 1.20 bits per heavy atom. The Kier molecular flexibility index (Phi) is 7.67. The third-order valence-corrected chi connectivity index (χ3v) is 3.48. The largest absolute Gasteiger partial charge is 0.491 e. The lowest BCUT2D eigenvalue weighted by atomic mass is 10.1. The molecule has 1 unspecified atom stereocenters. The molecule has 1 N–H and O–H groups in total. The van der Waals surface area contributed by atoms with Crippen LogP contribution in [0.5, 0.6) is 5.75 Å². The topological polar surface area (TPSA) is 38.3 Å². The number of benzene rings is 1. The maximum absolute atomic E-state index is 11.8. The van der Waals surface area contributed by atoms with Crippen LogP contribution in [-0.2, 0) is 4.79 Å². The molecular formula is C16H24BrNO2. The molecule has 1 amide bonds. The minimum absolute atomic E-state index is 0.0274. The van der Waals surface area contributed by atoms with Crippen molar-refractivity contribution in [3.8, 4) is 5.75 Å². The minimum Gasteiger partial charge on any atom is -0.491 e. The number of hydrogen-bond donors (Lipinski definition) is 1. The first-order chi connectivity index (χ1) is 9.52. The zero-order valence-corrected chi connectivity index (χ0v) is 14.1. The molecule has 1 atom stereocenters. The van der Waals surface area contributed by atoms with Gasteiger partial charge in [-0.1, -0.05) is 28.1 Å². The molecule has 0 saturated heterocycles. The van der Waals surface area contributed by atoms with Gasteiger partial charge in [0.1, 0.15) is 5.75 Å². The first kappa shape index (κ1) is 17.0. The predicted octanol–water partition coefficient (Wildman–Crippen LogP) is 4.22. The van der Waals surface area contributed by atoms with Gasteiger partial charge in [0.05, 0.1) is 12.1 Å². The Labute approximate surface area is 130 Å². The number of hydrogen-bond acceptors (Lipinski definition) is 2. The van der Waals surface area contributed by atoms with E-state index in [1.165, 1.54) is 0 Å². The molecule has 0 bridgehead atoms. The van der Waals surface area contributed by atoms with E-state index in [2.05, 4.69) is 21.2 Å². The predicted molar refractivity (Wildman–Crippen MR) is 86.4 cm³/mol. The van der Waals surface area contributed by atoms with Gasteiger partial charge in [-0.15, -0.1) is 0 Å². The molecule has 0 aliphatic rings. The van der Waals surface area contributed by atoms with Gasteiger partial charge in [0.2, 0.25) is 5.91 Å². The Balaban J connectivity index is 2.46. The number of rotatable bonds is 8. The number of ether oxygens (including phenoxy) is 1. The minimum atomic E-state index is 0.0274. The molecular weight excluding hydrogens is 318 g/mol. The van der Waals surface area contributed by atoms with Crippen LogP contribution in [0.15, 0.2) is 24.3 Å². The van der Waals surface area contributed by atoms with Crippen LogP contribution in [-0.4, -0.2) is 17.3 Å². The van der Waals surface area contributed by atoms with Gasteiger partial charge in [0.25, 0.3) is 0 Å². The Morgan fingerprint density at radius 3 is 2.40 bits per heavy atom. The van der Waals surface area contributed by atoms with Crippen LogP contribution >= 0.6 is 15.9 Å². The van der Waals surface area contributed by atoms with Crippen LogP contribution in [0.3, 0.4) is 0 Å². The van der Waals surface area contributed by atoms with Crippen molar-refractivity contribution in [3.05, 3.63) is 29.8 Å². The number of amides is 1. The number of halogens is 1. The molecule has 4 heteroatoms. The van der Waals surface area contributed by atoms with Gasteiger partial charge in [-0.05, 0) is 51.3 Å². The monoisotopic (exact) mass is 341 g/mol. The number of carbonyl (C=O) groups excluding carboxylic acids is 1. The third-order valence-electron chi connectivity index (χ3n) is 2.92. The van der Waals surface area contributed by atoms with Crippen LogP contribution in [0.1, 0.15) is 51.6 Å². The van der Waals surface area contributed by atoms with Crippen molar-refractivity contribution >= 4 is 21.8 Å². The lowest BCUT2D eigenvalue weighted by molar-refractivity contribution is -0.121. The van der Waals surface area contributed by atoms with Crippen molar-refractivity contribution in [1.29, 1.82) is 0 Å². The van der Waals surface area contributed by atoms with E-state index in [0.717, 1.165) is 29.5 Å². The van der Waals surface area contributed by atoms with Gasteiger partial charge in [0.15, 0.2) is 0 Å². The summed E-state index contributed by atoms with van der Waals surface area (Å²) < 4.78 is 5.60. The highest BCUT2D eigenvalue weighted by molar-refractivity contribution is 9.09. The van der Waals surface area contributed by atoms with Crippen molar-refractivity contribution in [2.75, 3.05) is 5.33 Å². The van der Waals surface area contributed by atoms with Crippen LogP contribution in [0.4, 0.5) is 0 Å². The van der Waals surface area contributed by atoms with Crippen molar-refractivity contribution in [2.45, 2.75) is 52.2 Å². The molecule has 1 aromatic carbocycles. The van der Waals surface area contributed by atoms with E-state index in [9.17, 15) is 4.79 Å². The molecule has 0 fully saturated rings. The van der Waals surface area contributed by atoms with Gasteiger partial charge in [-0.25, -0.2) is 0 Å². The van der Waals surface area contributed by atoms with Crippen LogP contribution in [0.25, 0.3) is 0 Å². The Bertz CT molecular complexity index is 403. The second kappa shape index (κ2) is 9.01. The fourth-order valence-corrected chi connectivity index (χ4v) is 2.28. The average molecular weight is 342 g/mol. The first-order valence-electron chi connectivity index (χ1n) is 7.15. The van der Waals surface area contributed by atoms with Crippen molar-refractivity contribution in [1.82, 2.24) is 5.32 Å². The highest BCUT2D eigenvalue weighted by atomic mass is 79.9. The molecule has 0 spiro atoms. The molecule has 1 aromatic rings. The fourth-order valence-electron chi connectivity index (χ4n) is 1.88. The van der Waals surface area contributed by atoms with E-state index in [0.29, 0.717) is 6.42 Å². The van der Waals surface area contributed by atoms with Crippen molar-refractivity contribution in [3.63, 3.8) is 0 Å². The smallest absolute Gasteiger partial charge is 0.220 e. The van der Waals surface area contributed by atoms with Crippen molar-refractivity contribution < 1.29 is 9.53 Å². The van der Waals surface area contributed by atoms with Gasteiger partial charge < -0.3 is 10.1 Å². The highest BCUT2D eigenvalue weighted by Crippen LogP contribution is 2.18. The fraction of sp³-hybridized carbons (Fsp3) is 0.562. The molecule has 0 aliphatic heterocycles. The Morgan fingerprint density at radius 2 is 1.85 bits per heavy atom. The average Bonchev–Trinajstić information content (AvgIpc) is 2.39. The standard InChI is InChI=1S/C16H24BrNO2/c1-12(2)20-15-9-7-14(8-10-15)13(3)18-16(19)6-4-5-11-17/h7-10,12-13H,4-6,11H2,1-3H3,(H,18,19). The van der Waals surface area contributed by atoms with E-state index >= 15 is 0 Å². The van der Waals surface area contributed by atoms with Crippen LogP contribution in [0, 0.1) is 0 Å². The number of alkyl halides is 1. The molecule has 0 radical (unpaired) electrons. The summed E-state index contributed by atoms with van der Waals surface area (Å²) in [6, 6.07) is 7.92. The van der Waals surface area contributed by atoms with Gasteiger partial charge in [-0.3, -0.25) is 4.79 Å². The molecule has 0 saturated carbocycles.